The molecule has 0 fully saturated rings. The highest BCUT2D eigenvalue weighted by Crippen LogP contribution is 2.14. The number of hydrogen-bond donors (Lipinski definition) is 1. The quantitative estimate of drug-likeness (QED) is 0.869. The molecule has 1 rings (SSSR count). The SMILES string of the molecule is Cc1ccc(CCC(=O)O)cc1I. The fourth-order valence-corrected chi connectivity index (χ4v) is 1.62. The molecular weight excluding hydrogens is 279 g/mol. The number of rotatable bonds is 3. The predicted molar refractivity (Wildman–Crippen MR) is 59.9 cm³/mol. The fraction of sp³-hybridized carbons (Fsp3) is 0.300. The van der Waals surface area contributed by atoms with Crippen LogP contribution in [-0.2, 0) is 11.2 Å². The number of carboxylic acids is 1. The minimum Gasteiger partial charge on any atom is -0.481 e. The summed E-state index contributed by atoms with van der Waals surface area (Å²) in [4.78, 5) is 10.3. The van der Waals surface area contributed by atoms with E-state index >= 15 is 0 Å². The van der Waals surface area contributed by atoms with Crippen molar-refractivity contribution in [1.82, 2.24) is 0 Å². The standard InChI is InChI=1S/C10H11IO2/c1-7-2-3-8(6-9(7)11)4-5-10(12)13/h2-3,6H,4-5H2,1H3,(H,12,13). The molecule has 0 saturated heterocycles. The van der Waals surface area contributed by atoms with E-state index in [1.165, 1.54) is 9.13 Å². The summed E-state index contributed by atoms with van der Waals surface area (Å²) in [5.74, 6) is -0.740. The van der Waals surface area contributed by atoms with Crippen molar-refractivity contribution in [2.24, 2.45) is 0 Å². The Morgan fingerprint density at radius 3 is 2.77 bits per heavy atom. The molecule has 13 heavy (non-hydrogen) atoms. The van der Waals surface area contributed by atoms with Gasteiger partial charge in [0.2, 0.25) is 0 Å². The first-order chi connectivity index (χ1) is 6.09. The number of aliphatic carboxylic acids is 1. The highest BCUT2D eigenvalue weighted by molar-refractivity contribution is 14.1. The maximum atomic E-state index is 10.3. The summed E-state index contributed by atoms with van der Waals surface area (Å²) < 4.78 is 1.19. The maximum absolute atomic E-state index is 10.3. The lowest BCUT2D eigenvalue weighted by atomic mass is 10.1. The summed E-state index contributed by atoms with van der Waals surface area (Å²) in [5, 5.41) is 8.50. The topological polar surface area (TPSA) is 37.3 Å². The van der Waals surface area contributed by atoms with E-state index in [-0.39, 0.29) is 6.42 Å². The normalized spacial score (nSPS) is 10.0. The van der Waals surface area contributed by atoms with E-state index in [0.29, 0.717) is 6.42 Å². The van der Waals surface area contributed by atoms with E-state index in [0.717, 1.165) is 5.56 Å². The van der Waals surface area contributed by atoms with Gasteiger partial charge in [-0.15, -0.1) is 0 Å². The highest BCUT2D eigenvalue weighted by Gasteiger charge is 2.00. The van der Waals surface area contributed by atoms with Crippen LogP contribution in [0.4, 0.5) is 0 Å². The van der Waals surface area contributed by atoms with E-state index < -0.39 is 5.97 Å². The van der Waals surface area contributed by atoms with Gasteiger partial charge in [-0.1, -0.05) is 12.1 Å². The van der Waals surface area contributed by atoms with Gasteiger partial charge < -0.3 is 5.11 Å². The largest absolute Gasteiger partial charge is 0.481 e. The zero-order valence-electron chi connectivity index (χ0n) is 7.38. The van der Waals surface area contributed by atoms with E-state index in [9.17, 15) is 4.79 Å². The number of carboxylic acid groups (broad SMARTS) is 1. The monoisotopic (exact) mass is 290 g/mol. The molecule has 0 aliphatic rings. The molecule has 0 unspecified atom stereocenters. The smallest absolute Gasteiger partial charge is 0.303 e. The molecule has 0 atom stereocenters. The molecule has 0 saturated carbocycles. The Morgan fingerprint density at radius 2 is 2.23 bits per heavy atom. The van der Waals surface area contributed by atoms with Gasteiger partial charge >= 0.3 is 5.97 Å². The number of hydrogen-bond acceptors (Lipinski definition) is 1. The van der Waals surface area contributed by atoms with E-state index in [2.05, 4.69) is 22.6 Å². The molecule has 1 aromatic carbocycles. The second kappa shape index (κ2) is 4.60. The molecule has 0 radical (unpaired) electrons. The highest BCUT2D eigenvalue weighted by atomic mass is 127. The fourth-order valence-electron chi connectivity index (χ4n) is 1.04. The second-order valence-electron chi connectivity index (χ2n) is 2.98. The van der Waals surface area contributed by atoms with Gasteiger partial charge in [-0.3, -0.25) is 4.79 Å². The van der Waals surface area contributed by atoms with Gasteiger partial charge in [0.15, 0.2) is 0 Å². The molecule has 1 aromatic rings. The Morgan fingerprint density at radius 1 is 1.54 bits per heavy atom. The Balaban J connectivity index is 2.68. The van der Waals surface area contributed by atoms with Gasteiger partial charge in [0.05, 0.1) is 0 Å². The first kappa shape index (κ1) is 10.5. The number of halogens is 1. The van der Waals surface area contributed by atoms with Crippen molar-refractivity contribution in [2.45, 2.75) is 19.8 Å². The molecule has 0 bridgehead atoms. The minimum absolute atomic E-state index is 0.207. The first-order valence-corrected chi connectivity index (χ1v) is 5.14. The zero-order chi connectivity index (χ0) is 9.84. The maximum Gasteiger partial charge on any atom is 0.303 e. The first-order valence-electron chi connectivity index (χ1n) is 4.06. The van der Waals surface area contributed by atoms with Crippen LogP contribution in [0.3, 0.4) is 0 Å². The van der Waals surface area contributed by atoms with Crippen molar-refractivity contribution in [3.8, 4) is 0 Å². The predicted octanol–water partition coefficient (Wildman–Crippen LogP) is 2.62. The summed E-state index contributed by atoms with van der Waals surface area (Å²) in [5.41, 5.74) is 2.33. The van der Waals surface area contributed by atoms with Crippen LogP contribution in [-0.4, -0.2) is 11.1 Å². The van der Waals surface area contributed by atoms with Crippen LogP contribution in [0.1, 0.15) is 17.5 Å². The molecule has 1 N–H and O–H groups in total. The van der Waals surface area contributed by atoms with Crippen molar-refractivity contribution in [3.63, 3.8) is 0 Å². The second-order valence-corrected chi connectivity index (χ2v) is 4.14. The molecule has 0 spiro atoms. The molecule has 0 aliphatic heterocycles. The summed E-state index contributed by atoms with van der Waals surface area (Å²) in [7, 11) is 0. The Bertz CT molecular complexity index is 321. The van der Waals surface area contributed by atoms with Crippen molar-refractivity contribution in [3.05, 3.63) is 32.9 Å². The van der Waals surface area contributed by atoms with E-state index in [4.69, 9.17) is 5.11 Å². The summed E-state index contributed by atoms with van der Waals surface area (Å²) in [6.07, 6.45) is 0.824. The van der Waals surface area contributed by atoms with Crippen LogP contribution < -0.4 is 0 Å². The van der Waals surface area contributed by atoms with Crippen LogP contribution >= 0.6 is 22.6 Å². The van der Waals surface area contributed by atoms with Crippen LogP contribution in [0.5, 0.6) is 0 Å². The lowest BCUT2D eigenvalue weighted by Crippen LogP contribution is -1.97. The van der Waals surface area contributed by atoms with Crippen LogP contribution in [0.25, 0.3) is 0 Å². The van der Waals surface area contributed by atoms with Gasteiger partial charge in [-0.05, 0) is 53.1 Å². The van der Waals surface area contributed by atoms with Gasteiger partial charge in [-0.2, -0.15) is 0 Å². The minimum atomic E-state index is -0.740. The molecule has 0 aromatic heterocycles. The van der Waals surface area contributed by atoms with Crippen molar-refractivity contribution < 1.29 is 9.90 Å². The third kappa shape index (κ3) is 3.34. The van der Waals surface area contributed by atoms with Crippen LogP contribution in [0.15, 0.2) is 18.2 Å². The zero-order valence-corrected chi connectivity index (χ0v) is 9.54. The van der Waals surface area contributed by atoms with Crippen LogP contribution in [0, 0.1) is 10.5 Å². The summed E-state index contributed by atoms with van der Waals surface area (Å²) in [6.45, 7) is 2.04. The number of aryl methyl sites for hydroxylation is 2. The third-order valence-corrected chi connectivity index (χ3v) is 3.03. The number of carbonyl (C=O) groups is 1. The van der Waals surface area contributed by atoms with Crippen LogP contribution in [0.2, 0.25) is 0 Å². The molecule has 70 valence electrons. The molecule has 3 heteroatoms. The van der Waals surface area contributed by atoms with Gasteiger partial charge in [0, 0.05) is 9.99 Å². The molecular formula is C10H11IO2. The van der Waals surface area contributed by atoms with Gasteiger partial charge in [-0.25, -0.2) is 0 Å². The molecule has 0 amide bonds. The summed E-state index contributed by atoms with van der Waals surface area (Å²) in [6, 6.07) is 6.05. The average molecular weight is 290 g/mol. The Labute approximate surface area is 91.1 Å². The van der Waals surface area contributed by atoms with Crippen molar-refractivity contribution >= 4 is 28.6 Å². The van der Waals surface area contributed by atoms with Gasteiger partial charge in [0.1, 0.15) is 0 Å². The lowest BCUT2D eigenvalue weighted by molar-refractivity contribution is -0.136. The molecule has 2 nitrogen and oxygen atoms in total. The van der Waals surface area contributed by atoms with E-state index in [1.807, 2.05) is 25.1 Å². The average Bonchev–Trinajstić information content (AvgIpc) is 2.07. The van der Waals surface area contributed by atoms with Crippen molar-refractivity contribution in [1.29, 1.82) is 0 Å². The number of benzene rings is 1. The Kier molecular flexibility index (Phi) is 3.71. The van der Waals surface area contributed by atoms with E-state index in [1.54, 1.807) is 0 Å². The van der Waals surface area contributed by atoms with Crippen molar-refractivity contribution in [2.75, 3.05) is 0 Å². The lowest BCUT2D eigenvalue weighted by Gasteiger charge is -2.02. The molecule has 0 aliphatic carbocycles. The summed E-state index contributed by atoms with van der Waals surface area (Å²) >= 11 is 2.26. The van der Waals surface area contributed by atoms with Gasteiger partial charge in [0.25, 0.3) is 0 Å². The Hall–Kier alpha value is -0.580. The molecule has 0 heterocycles. The third-order valence-electron chi connectivity index (χ3n) is 1.86.